The highest BCUT2D eigenvalue weighted by Gasteiger charge is 2.39. The maximum Gasteiger partial charge on any atom is 0.243 e. The van der Waals surface area contributed by atoms with Crippen LogP contribution >= 0.6 is 11.6 Å². The molecule has 1 saturated heterocycles. The first-order chi connectivity index (χ1) is 14.5. The van der Waals surface area contributed by atoms with Crippen LogP contribution in [0.1, 0.15) is 12.8 Å². The molecule has 0 aromatic heterocycles. The van der Waals surface area contributed by atoms with Crippen molar-refractivity contribution < 1.29 is 13.2 Å². The summed E-state index contributed by atoms with van der Waals surface area (Å²) >= 11 is 5.88. The van der Waals surface area contributed by atoms with Crippen molar-refractivity contribution in [3.05, 3.63) is 83.9 Å². The number of nitrogens with zero attached hydrogens (tertiary/aromatic N) is 1. The van der Waals surface area contributed by atoms with Gasteiger partial charge in [0.15, 0.2) is 0 Å². The van der Waals surface area contributed by atoms with Crippen LogP contribution in [0.4, 0.5) is 5.69 Å². The average Bonchev–Trinajstić information content (AvgIpc) is 3.26. The zero-order chi connectivity index (χ0) is 21.1. The molecule has 0 radical (unpaired) electrons. The minimum absolute atomic E-state index is 0.135. The van der Waals surface area contributed by atoms with Crippen molar-refractivity contribution in [1.29, 1.82) is 0 Å². The third kappa shape index (κ3) is 4.12. The Kier molecular flexibility index (Phi) is 5.90. The first-order valence-electron chi connectivity index (χ1n) is 9.69. The van der Waals surface area contributed by atoms with Gasteiger partial charge in [-0.1, -0.05) is 60.1 Å². The lowest BCUT2D eigenvalue weighted by Gasteiger charge is -2.24. The fourth-order valence-electron chi connectivity index (χ4n) is 3.71. The van der Waals surface area contributed by atoms with Crippen LogP contribution in [0.15, 0.2) is 83.8 Å². The number of para-hydroxylation sites is 1. The Morgan fingerprint density at radius 3 is 2.33 bits per heavy atom. The Morgan fingerprint density at radius 1 is 0.933 bits per heavy atom. The Balaban J connectivity index is 1.59. The summed E-state index contributed by atoms with van der Waals surface area (Å²) in [4.78, 5) is 13.2. The summed E-state index contributed by atoms with van der Waals surface area (Å²) < 4.78 is 27.5. The molecule has 30 heavy (non-hydrogen) atoms. The molecule has 1 atom stereocenters. The number of carbonyl (C=O) groups is 1. The van der Waals surface area contributed by atoms with Gasteiger partial charge >= 0.3 is 0 Å². The van der Waals surface area contributed by atoms with Gasteiger partial charge in [-0.3, -0.25) is 4.79 Å². The quantitative estimate of drug-likeness (QED) is 0.619. The van der Waals surface area contributed by atoms with E-state index in [0.29, 0.717) is 30.1 Å². The number of anilines is 1. The molecule has 1 fully saturated rings. The summed E-state index contributed by atoms with van der Waals surface area (Å²) in [6.07, 6.45) is 1.11. The van der Waals surface area contributed by atoms with Crippen LogP contribution < -0.4 is 5.32 Å². The van der Waals surface area contributed by atoms with Crippen molar-refractivity contribution in [3.8, 4) is 11.1 Å². The fraction of sp³-hybridized carbons (Fsp3) is 0.174. The summed E-state index contributed by atoms with van der Waals surface area (Å²) in [5.41, 5.74) is 2.52. The van der Waals surface area contributed by atoms with Gasteiger partial charge in [-0.2, -0.15) is 4.31 Å². The molecule has 0 spiro atoms. The van der Waals surface area contributed by atoms with Gasteiger partial charge in [-0.25, -0.2) is 8.42 Å². The largest absolute Gasteiger partial charge is 0.324 e. The van der Waals surface area contributed by atoms with Crippen LogP contribution in [-0.4, -0.2) is 31.2 Å². The number of carbonyl (C=O) groups excluding carboxylic acids is 1. The molecule has 3 aromatic rings. The topological polar surface area (TPSA) is 66.5 Å². The SMILES string of the molecule is O=C(Nc1ccccc1-c1ccccc1)[C@H]1CCCN1S(=O)(=O)c1ccc(Cl)cc1. The van der Waals surface area contributed by atoms with Crippen LogP contribution in [-0.2, 0) is 14.8 Å². The van der Waals surface area contributed by atoms with Crippen molar-refractivity contribution >= 4 is 33.2 Å². The van der Waals surface area contributed by atoms with Crippen molar-refractivity contribution in [2.24, 2.45) is 0 Å². The van der Waals surface area contributed by atoms with Crippen molar-refractivity contribution in [3.63, 3.8) is 0 Å². The zero-order valence-corrected chi connectivity index (χ0v) is 17.7. The van der Waals surface area contributed by atoms with E-state index in [9.17, 15) is 13.2 Å². The smallest absolute Gasteiger partial charge is 0.243 e. The molecule has 0 aliphatic carbocycles. The number of rotatable bonds is 5. The van der Waals surface area contributed by atoms with E-state index in [2.05, 4.69) is 5.32 Å². The summed E-state index contributed by atoms with van der Waals surface area (Å²) in [7, 11) is -3.79. The lowest BCUT2D eigenvalue weighted by Crippen LogP contribution is -2.43. The lowest BCUT2D eigenvalue weighted by molar-refractivity contribution is -0.119. The number of benzene rings is 3. The highest BCUT2D eigenvalue weighted by atomic mass is 35.5. The van der Waals surface area contributed by atoms with Gasteiger partial charge in [-0.15, -0.1) is 0 Å². The van der Waals surface area contributed by atoms with Crippen LogP contribution in [0.2, 0.25) is 5.02 Å². The highest BCUT2D eigenvalue weighted by Crippen LogP contribution is 2.31. The second kappa shape index (κ2) is 8.60. The monoisotopic (exact) mass is 440 g/mol. The molecule has 7 heteroatoms. The van der Waals surface area contributed by atoms with E-state index in [1.165, 1.54) is 28.6 Å². The number of hydrogen-bond acceptors (Lipinski definition) is 3. The van der Waals surface area contributed by atoms with E-state index in [1.54, 1.807) is 0 Å². The predicted octanol–water partition coefficient (Wildman–Crippen LogP) is 4.80. The molecule has 1 amide bonds. The van der Waals surface area contributed by atoms with Gasteiger partial charge < -0.3 is 5.32 Å². The van der Waals surface area contributed by atoms with E-state index in [-0.39, 0.29) is 10.8 Å². The Bertz CT molecular complexity index is 1150. The maximum atomic E-state index is 13.1. The van der Waals surface area contributed by atoms with E-state index < -0.39 is 16.1 Å². The van der Waals surface area contributed by atoms with E-state index in [4.69, 9.17) is 11.6 Å². The van der Waals surface area contributed by atoms with Gasteiger partial charge in [0, 0.05) is 22.8 Å². The Labute approximate surface area is 181 Å². The van der Waals surface area contributed by atoms with Crippen LogP contribution in [0, 0.1) is 0 Å². The molecule has 154 valence electrons. The Morgan fingerprint density at radius 2 is 1.60 bits per heavy atom. The molecular formula is C23H21ClN2O3S. The zero-order valence-electron chi connectivity index (χ0n) is 16.2. The Hall–Kier alpha value is -2.67. The molecule has 0 unspecified atom stereocenters. The normalized spacial score (nSPS) is 17.0. The standard InChI is InChI=1S/C23H21ClN2O3S/c24-18-12-14-19(15-13-18)30(28,29)26-16-6-11-22(26)23(27)25-21-10-5-4-9-20(21)17-7-2-1-3-8-17/h1-5,7-10,12-15,22H,6,11,16H2,(H,25,27)/t22-/m1/s1. The van der Waals surface area contributed by atoms with E-state index in [0.717, 1.165) is 11.1 Å². The summed E-state index contributed by atoms with van der Waals surface area (Å²) in [5, 5.41) is 3.41. The number of sulfonamides is 1. The molecule has 0 bridgehead atoms. The number of amides is 1. The molecule has 1 heterocycles. The summed E-state index contributed by atoms with van der Waals surface area (Å²) in [5.74, 6) is -0.326. The number of halogens is 1. The molecule has 1 aliphatic rings. The fourth-order valence-corrected chi connectivity index (χ4v) is 5.49. The number of nitrogens with one attached hydrogen (secondary N) is 1. The van der Waals surface area contributed by atoms with E-state index in [1.807, 2.05) is 54.6 Å². The third-order valence-corrected chi connectivity index (χ3v) is 7.37. The molecular weight excluding hydrogens is 420 g/mol. The van der Waals surface area contributed by atoms with Gasteiger partial charge in [0.05, 0.1) is 4.90 Å². The molecule has 3 aromatic carbocycles. The second-order valence-corrected chi connectivity index (χ2v) is 9.46. The molecule has 5 nitrogen and oxygen atoms in total. The minimum atomic E-state index is -3.79. The van der Waals surface area contributed by atoms with Crippen molar-refractivity contribution in [1.82, 2.24) is 4.31 Å². The highest BCUT2D eigenvalue weighted by molar-refractivity contribution is 7.89. The molecule has 1 N–H and O–H groups in total. The summed E-state index contributed by atoms with van der Waals surface area (Å²) in [6, 6.07) is 22.5. The first-order valence-corrected chi connectivity index (χ1v) is 11.5. The van der Waals surface area contributed by atoms with E-state index >= 15 is 0 Å². The molecule has 1 aliphatic heterocycles. The van der Waals surface area contributed by atoms with Crippen LogP contribution in [0.3, 0.4) is 0 Å². The van der Waals surface area contributed by atoms with Gasteiger partial charge in [0.2, 0.25) is 15.9 Å². The van der Waals surface area contributed by atoms with Gasteiger partial charge in [0.1, 0.15) is 6.04 Å². The van der Waals surface area contributed by atoms with Gasteiger partial charge in [0.25, 0.3) is 0 Å². The predicted molar refractivity (Wildman–Crippen MR) is 119 cm³/mol. The van der Waals surface area contributed by atoms with Gasteiger partial charge in [-0.05, 0) is 48.7 Å². The van der Waals surface area contributed by atoms with Crippen molar-refractivity contribution in [2.45, 2.75) is 23.8 Å². The third-order valence-electron chi connectivity index (χ3n) is 5.20. The first kappa shape index (κ1) is 20.6. The van der Waals surface area contributed by atoms with Crippen LogP contribution in [0.5, 0.6) is 0 Å². The maximum absolute atomic E-state index is 13.1. The lowest BCUT2D eigenvalue weighted by atomic mass is 10.0. The molecule has 4 rings (SSSR count). The summed E-state index contributed by atoms with van der Waals surface area (Å²) in [6.45, 7) is 0.309. The van der Waals surface area contributed by atoms with Crippen LogP contribution in [0.25, 0.3) is 11.1 Å². The minimum Gasteiger partial charge on any atom is -0.324 e. The number of hydrogen-bond donors (Lipinski definition) is 1. The molecule has 0 saturated carbocycles. The second-order valence-electron chi connectivity index (χ2n) is 7.13. The average molecular weight is 441 g/mol. The van der Waals surface area contributed by atoms with Crippen molar-refractivity contribution in [2.75, 3.05) is 11.9 Å².